The van der Waals surface area contributed by atoms with Crippen LogP contribution in [0.2, 0.25) is 0 Å². The fourth-order valence-corrected chi connectivity index (χ4v) is 3.69. The van der Waals surface area contributed by atoms with Crippen molar-refractivity contribution in [2.45, 2.75) is 58.6 Å². The molecule has 162 valence electrons. The molecule has 1 aliphatic rings. The summed E-state index contributed by atoms with van der Waals surface area (Å²) in [7, 11) is 0. The summed E-state index contributed by atoms with van der Waals surface area (Å²) >= 11 is 0. The number of rotatable bonds is 4. The van der Waals surface area contributed by atoms with E-state index in [1.54, 1.807) is 35.0 Å². The minimum Gasteiger partial charge on any atom is -0.444 e. The molecule has 2 aromatic rings. The van der Waals surface area contributed by atoms with E-state index in [4.69, 9.17) is 4.74 Å². The molecule has 1 aromatic heterocycles. The fraction of sp³-hybridized carbons (Fsp3) is 0.500. The van der Waals surface area contributed by atoms with Crippen molar-refractivity contribution in [3.8, 4) is 5.69 Å². The Kier molecular flexibility index (Phi) is 6.34. The zero-order valence-corrected chi connectivity index (χ0v) is 18.0. The zero-order chi connectivity index (χ0) is 21.9. The third-order valence-electron chi connectivity index (χ3n) is 5.10. The molecule has 0 radical (unpaired) electrons. The molecule has 0 aliphatic carbocycles. The van der Waals surface area contributed by atoms with Gasteiger partial charge in [0.25, 0.3) is 5.91 Å². The van der Waals surface area contributed by atoms with Gasteiger partial charge in [0.1, 0.15) is 5.60 Å². The minimum atomic E-state index is -0.562. The molecule has 1 fully saturated rings. The van der Waals surface area contributed by atoms with E-state index in [9.17, 15) is 14.4 Å². The molecule has 2 N–H and O–H groups in total. The van der Waals surface area contributed by atoms with E-state index in [1.165, 1.54) is 0 Å². The van der Waals surface area contributed by atoms with Gasteiger partial charge in [-0.05, 0) is 71.2 Å². The molecule has 1 aliphatic heterocycles. The van der Waals surface area contributed by atoms with E-state index in [2.05, 4.69) is 10.3 Å². The number of ether oxygens (including phenoxy) is 1. The lowest BCUT2D eigenvalue weighted by molar-refractivity contribution is 0.0462. The SMILES string of the molecule is Cc1c[nH]c(=O)n1-c1ccc(C(=O)N2CCCCC2CNC(=O)OC(C)(C)C)cc1. The van der Waals surface area contributed by atoms with Gasteiger partial charge >= 0.3 is 11.8 Å². The van der Waals surface area contributed by atoms with E-state index in [0.29, 0.717) is 24.3 Å². The van der Waals surface area contributed by atoms with E-state index >= 15 is 0 Å². The van der Waals surface area contributed by atoms with Gasteiger partial charge in [0, 0.05) is 36.6 Å². The molecule has 3 rings (SSSR count). The lowest BCUT2D eigenvalue weighted by atomic mass is 10.0. The highest BCUT2D eigenvalue weighted by Crippen LogP contribution is 2.20. The monoisotopic (exact) mass is 414 g/mol. The molecule has 1 atom stereocenters. The summed E-state index contributed by atoms with van der Waals surface area (Å²) in [5, 5.41) is 2.79. The second-order valence-corrected chi connectivity index (χ2v) is 8.65. The van der Waals surface area contributed by atoms with Gasteiger partial charge in [-0.25, -0.2) is 9.59 Å². The normalized spacial score (nSPS) is 16.9. The molecule has 30 heavy (non-hydrogen) atoms. The Morgan fingerprint density at radius 2 is 1.90 bits per heavy atom. The van der Waals surface area contributed by atoms with Crippen LogP contribution < -0.4 is 11.0 Å². The number of piperidine rings is 1. The number of likely N-dealkylation sites (tertiary alicyclic amines) is 1. The van der Waals surface area contributed by atoms with Crippen molar-refractivity contribution in [3.63, 3.8) is 0 Å². The van der Waals surface area contributed by atoms with Crippen molar-refractivity contribution in [3.05, 3.63) is 52.2 Å². The molecule has 1 aromatic carbocycles. The number of nitrogens with zero attached hydrogens (tertiary/aromatic N) is 2. The van der Waals surface area contributed by atoms with Crippen molar-refractivity contribution >= 4 is 12.0 Å². The van der Waals surface area contributed by atoms with Crippen molar-refractivity contribution in [1.29, 1.82) is 0 Å². The Balaban J connectivity index is 1.69. The maximum atomic E-state index is 13.1. The van der Waals surface area contributed by atoms with E-state index in [1.807, 2.05) is 32.6 Å². The number of benzene rings is 1. The summed E-state index contributed by atoms with van der Waals surface area (Å²) < 4.78 is 6.85. The number of hydrogen-bond acceptors (Lipinski definition) is 4. The van der Waals surface area contributed by atoms with Gasteiger partial charge in [-0.3, -0.25) is 9.36 Å². The summed E-state index contributed by atoms with van der Waals surface area (Å²) in [6.07, 6.45) is 3.95. The van der Waals surface area contributed by atoms with Crippen molar-refractivity contribution in [2.75, 3.05) is 13.1 Å². The predicted octanol–water partition coefficient (Wildman–Crippen LogP) is 2.99. The first-order valence-corrected chi connectivity index (χ1v) is 10.3. The maximum absolute atomic E-state index is 13.1. The lowest BCUT2D eigenvalue weighted by Gasteiger charge is -2.36. The number of aromatic nitrogens is 2. The van der Waals surface area contributed by atoms with Crippen LogP contribution in [-0.4, -0.2) is 51.2 Å². The van der Waals surface area contributed by atoms with Crippen LogP contribution in [0, 0.1) is 6.92 Å². The molecule has 1 saturated heterocycles. The van der Waals surface area contributed by atoms with Gasteiger partial charge in [0.15, 0.2) is 0 Å². The molecule has 0 spiro atoms. The number of imidazole rings is 1. The number of aryl methyl sites for hydroxylation is 1. The molecule has 0 bridgehead atoms. The molecule has 2 amide bonds. The van der Waals surface area contributed by atoms with Crippen LogP contribution in [0.3, 0.4) is 0 Å². The predicted molar refractivity (Wildman–Crippen MR) is 114 cm³/mol. The average molecular weight is 415 g/mol. The molecule has 8 heteroatoms. The topological polar surface area (TPSA) is 96.4 Å². The average Bonchev–Trinajstić information content (AvgIpc) is 3.03. The van der Waals surface area contributed by atoms with Crippen molar-refractivity contribution in [2.24, 2.45) is 0 Å². The number of hydrogen-bond donors (Lipinski definition) is 2. The van der Waals surface area contributed by atoms with Gasteiger partial charge in [-0.15, -0.1) is 0 Å². The number of nitrogens with one attached hydrogen (secondary N) is 2. The van der Waals surface area contributed by atoms with Crippen LogP contribution in [0.5, 0.6) is 0 Å². The Morgan fingerprint density at radius 3 is 2.50 bits per heavy atom. The third-order valence-corrected chi connectivity index (χ3v) is 5.10. The van der Waals surface area contributed by atoms with E-state index in [-0.39, 0.29) is 17.6 Å². The summed E-state index contributed by atoms with van der Waals surface area (Å²) in [4.78, 5) is 41.5. The number of aromatic amines is 1. The fourth-order valence-electron chi connectivity index (χ4n) is 3.69. The van der Waals surface area contributed by atoms with Crippen LogP contribution in [0.4, 0.5) is 4.79 Å². The van der Waals surface area contributed by atoms with Crippen molar-refractivity contribution < 1.29 is 14.3 Å². The molecule has 2 heterocycles. The number of carbonyl (C=O) groups is 2. The molecule has 8 nitrogen and oxygen atoms in total. The number of alkyl carbamates (subject to hydrolysis) is 1. The Morgan fingerprint density at radius 1 is 1.20 bits per heavy atom. The molecular formula is C22H30N4O4. The summed E-state index contributed by atoms with van der Waals surface area (Å²) in [5.74, 6) is -0.0737. The van der Waals surface area contributed by atoms with Crippen LogP contribution in [0.15, 0.2) is 35.3 Å². The first kappa shape index (κ1) is 21.7. The minimum absolute atomic E-state index is 0.0737. The van der Waals surface area contributed by atoms with E-state index < -0.39 is 11.7 Å². The largest absolute Gasteiger partial charge is 0.444 e. The van der Waals surface area contributed by atoms with Gasteiger partial charge in [0.2, 0.25) is 0 Å². The highest BCUT2D eigenvalue weighted by molar-refractivity contribution is 5.94. The third kappa shape index (κ3) is 5.11. The number of amides is 2. The number of carbonyl (C=O) groups excluding carboxylic acids is 2. The van der Waals surface area contributed by atoms with Crippen molar-refractivity contribution in [1.82, 2.24) is 19.8 Å². The Hall–Kier alpha value is -3.03. The lowest BCUT2D eigenvalue weighted by Crippen LogP contribution is -2.50. The quantitative estimate of drug-likeness (QED) is 0.804. The first-order valence-electron chi connectivity index (χ1n) is 10.3. The second kappa shape index (κ2) is 8.77. The first-order chi connectivity index (χ1) is 14.2. The highest BCUT2D eigenvalue weighted by Gasteiger charge is 2.28. The zero-order valence-electron chi connectivity index (χ0n) is 18.0. The van der Waals surface area contributed by atoms with E-state index in [0.717, 1.165) is 25.0 Å². The molecule has 1 unspecified atom stereocenters. The van der Waals surface area contributed by atoms with Crippen LogP contribution >= 0.6 is 0 Å². The maximum Gasteiger partial charge on any atom is 0.407 e. The second-order valence-electron chi connectivity index (χ2n) is 8.65. The molecule has 0 saturated carbocycles. The standard InChI is InChI=1S/C22H30N4O4/c1-15-13-23-20(28)26(15)17-10-8-16(9-11-17)19(27)25-12-6-5-7-18(25)14-24-21(29)30-22(2,3)4/h8-11,13,18H,5-7,12,14H2,1-4H3,(H,23,28)(H,24,29). The highest BCUT2D eigenvalue weighted by atomic mass is 16.6. The van der Waals surface area contributed by atoms with Gasteiger partial charge < -0.3 is 19.9 Å². The van der Waals surface area contributed by atoms with Gasteiger partial charge in [0.05, 0.1) is 5.69 Å². The van der Waals surface area contributed by atoms with Gasteiger partial charge in [-0.2, -0.15) is 0 Å². The smallest absolute Gasteiger partial charge is 0.407 e. The summed E-state index contributed by atoms with van der Waals surface area (Å²) in [6, 6.07) is 6.95. The Bertz CT molecular complexity index is 953. The van der Waals surface area contributed by atoms with Gasteiger partial charge in [-0.1, -0.05) is 0 Å². The van der Waals surface area contributed by atoms with Crippen LogP contribution in [0.25, 0.3) is 5.69 Å². The van der Waals surface area contributed by atoms with Crippen LogP contribution in [-0.2, 0) is 4.74 Å². The number of H-pyrrole nitrogens is 1. The summed E-state index contributed by atoms with van der Waals surface area (Å²) in [6.45, 7) is 8.29. The van der Waals surface area contributed by atoms with Crippen LogP contribution in [0.1, 0.15) is 56.1 Å². The summed E-state index contributed by atoms with van der Waals surface area (Å²) in [5.41, 5.74) is 1.29. The molecular weight excluding hydrogens is 384 g/mol. The Labute approximate surface area is 176 Å².